The number of rotatable bonds is 11. The first-order valence-corrected chi connectivity index (χ1v) is 17.7. The summed E-state index contributed by atoms with van der Waals surface area (Å²) in [6.45, 7) is 7.17. The molecule has 0 spiro atoms. The van der Waals surface area contributed by atoms with Crippen molar-refractivity contribution in [3.63, 3.8) is 0 Å². The highest BCUT2D eigenvalue weighted by atomic mass is 16.6. The minimum Gasteiger partial charge on any atom is -0.455 e. The van der Waals surface area contributed by atoms with Crippen molar-refractivity contribution in [1.29, 1.82) is 0 Å². The van der Waals surface area contributed by atoms with E-state index in [0.29, 0.717) is 28.7 Å². The number of hydrogen-bond acceptors (Lipinski definition) is 9. The van der Waals surface area contributed by atoms with Gasteiger partial charge in [0.15, 0.2) is 6.10 Å². The number of esters is 4. The molecular weight excluding hydrogens is 793 g/mol. The van der Waals surface area contributed by atoms with Crippen LogP contribution in [0.3, 0.4) is 0 Å². The van der Waals surface area contributed by atoms with Crippen LogP contribution in [0.2, 0.25) is 0 Å². The summed E-state index contributed by atoms with van der Waals surface area (Å²) in [5, 5.41) is 0. The third kappa shape index (κ3) is 27.9. The van der Waals surface area contributed by atoms with Crippen molar-refractivity contribution >= 4 is 30.2 Å². The molecule has 0 aliphatic carbocycles. The van der Waals surface area contributed by atoms with Gasteiger partial charge in [-0.3, -0.25) is 14.4 Å². The lowest BCUT2D eigenvalue weighted by Crippen LogP contribution is -2.31. The van der Waals surface area contributed by atoms with Crippen LogP contribution >= 0.6 is 0 Å². The predicted molar refractivity (Wildman–Crippen MR) is 233 cm³/mol. The third-order valence-electron chi connectivity index (χ3n) is 6.17. The first-order valence-electron chi connectivity index (χ1n) is 17.7. The van der Waals surface area contributed by atoms with Crippen LogP contribution < -0.4 is 4.74 Å². The highest BCUT2D eigenvalue weighted by Crippen LogP contribution is 2.25. The molecule has 0 aromatic heterocycles. The number of aryl methyl sites for hydroxylation is 2. The minimum atomic E-state index is -1.30. The summed E-state index contributed by atoms with van der Waals surface area (Å²) < 4.78 is 21.0. The summed E-state index contributed by atoms with van der Waals surface area (Å²) in [6.07, 6.45) is -1.03. The van der Waals surface area contributed by atoms with E-state index in [-0.39, 0.29) is 12.8 Å². The Morgan fingerprint density at radius 1 is 0.508 bits per heavy atom. The molecule has 1 aromatic rings. The Kier molecular flexibility index (Phi) is 27.3. The summed E-state index contributed by atoms with van der Waals surface area (Å²) in [7, 11) is 0. The molecule has 1 aromatic carbocycles. The van der Waals surface area contributed by atoms with E-state index >= 15 is 0 Å². The van der Waals surface area contributed by atoms with Gasteiger partial charge in [-0.05, 0) is 223 Å². The van der Waals surface area contributed by atoms with Crippen molar-refractivity contribution in [2.24, 2.45) is 5.92 Å². The lowest BCUT2D eigenvalue weighted by molar-refractivity contribution is -0.164. The van der Waals surface area contributed by atoms with Gasteiger partial charge < -0.3 is 18.9 Å². The summed E-state index contributed by atoms with van der Waals surface area (Å²) >= 11 is 0. The molecule has 1 rings (SSSR count). The molecule has 1 atom stereocenters. The molecule has 0 heterocycles. The van der Waals surface area contributed by atoms with E-state index in [1.807, 2.05) is 0 Å². The van der Waals surface area contributed by atoms with Crippen LogP contribution in [0.25, 0.3) is 0 Å². The second-order valence-corrected chi connectivity index (χ2v) is 11.1. The predicted octanol–water partition coefficient (Wildman–Crippen LogP) is 2.53. The summed E-state index contributed by atoms with van der Waals surface area (Å²) in [5.74, 6) is 73.9. The summed E-state index contributed by atoms with van der Waals surface area (Å²) in [5.41, 5.74) is 1.62. The van der Waals surface area contributed by atoms with Crippen molar-refractivity contribution < 1.29 is 42.9 Å². The molecule has 0 aliphatic heterocycles. The molecule has 0 N–H and O–H groups in total. The second kappa shape index (κ2) is 33.8. The van der Waals surface area contributed by atoms with Gasteiger partial charge in [0.05, 0.1) is 0 Å². The fourth-order valence-electron chi connectivity index (χ4n) is 3.81. The van der Waals surface area contributed by atoms with E-state index in [0.717, 1.165) is 0 Å². The smallest absolute Gasteiger partial charge is 0.385 e. The van der Waals surface area contributed by atoms with Crippen LogP contribution in [0.1, 0.15) is 55.1 Å². The molecule has 0 fully saturated rings. The van der Waals surface area contributed by atoms with Crippen molar-refractivity contribution in [3.05, 3.63) is 28.8 Å². The fourth-order valence-corrected chi connectivity index (χ4v) is 3.81. The Morgan fingerprint density at radius 3 is 1.16 bits per heavy atom. The lowest BCUT2D eigenvalue weighted by atomic mass is 10.0. The lowest BCUT2D eigenvalue weighted by Gasteiger charge is -2.18. The molecule has 1 unspecified atom stereocenters. The Labute approximate surface area is 368 Å². The average Bonchev–Trinajstić information content (AvgIpc) is 3.25. The van der Waals surface area contributed by atoms with Gasteiger partial charge in [0.25, 0.3) is 0 Å². The van der Waals surface area contributed by atoms with E-state index < -0.39 is 49.1 Å². The van der Waals surface area contributed by atoms with Gasteiger partial charge in [-0.1, -0.05) is 18.8 Å². The molecule has 298 valence electrons. The Bertz CT molecular complexity index is 2880. The van der Waals surface area contributed by atoms with Crippen LogP contribution in [0.15, 0.2) is 12.1 Å². The molecule has 0 saturated heterocycles. The monoisotopic (exact) mass is 820 g/mol. The van der Waals surface area contributed by atoms with E-state index in [1.54, 1.807) is 46.8 Å². The zero-order valence-electron chi connectivity index (χ0n) is 34.4. The van der Waals surface area contributed by atoms with Crippen molar-refractivity contribution in [1.82, 2.24) is 0 Å². The molecule has 0 radical (unpaired) electrons. The number of ether oxygens (including phenoxy) is 4. The van der Waals surface area contributed by atoms with Crippen LogP contribution in [-0.2, 0) is 33.4 Å². The fraction of sp³-hybridized carbons (Fsp3) is 0.204. The molecule has 9 heteroatoms. The molecule has 0 bridgehead atoms. The van der Waals surface area contributed by atoms with Crippen molar-refractivity contribution in [3.8, 4) is 195 Å². The SMILES string of the molecule is CC#CC#CC#CC#CC#CC#CC#CC#CC(=O)OCC(COC(=O)C#CC#CC#CC#CC#CC#CC#CC#CC)OC(=O)CC(C)CC(=O)Oc1c(C)cc(C=O)cc1C. The van der Waals surface area contributed by atoms with E-state index in [9.17, 15) is 24.0 Å². The molecular formula is C54H28O9. The largest absolute Gasteiger partial charge is 0.455 e. The number of carbonyl (C=O) groups excluding carboxylic acids is 5. The zero-order chi connectivity index (χ0) is 46.2. The van der Waals surface area contributed by atoms with Gasteiger partial charge in [0, 0.05) is 30.2 Å². The molecule has 0 amide bonds. The van der Waals surface area contributed by atoms with Crippen molar-refractivity contribution in [2.75, 3.05) is 13.2 Å². The Balaban J connectivity index is 2.93. The summed E-state index contributed by atoms with van der Waals surface area (Å²) in [6, 6.07) is 3.17. The topological polar surface area (TPSA) is 122 Å². The first kappa shape index (κ1) is 50.7. The zero-order valence-corrected chi connectivity index (χ0v) is 34.4. The molecule has 0 saturated carbocycles. The highest BCUT2D eigenvalue weighted by Gasteiger charge is 2.22. The van der Waals surface area contributed by atoms with Gasteiger partial charge in [0.2, 0.25) is 0 Å². The number of carbonyl (C=O) groups is 5. The maximum Gasteiger partial charge on any atom is 0.385 e. The molecule has 9 nitrogen and oxygen atoms in total. The van der Waals surface area contributed by atoms with Crippen LogP contribution in [0.5, 0.6) is 5.75 Å². The normalized spacial score (nSPS) is 7.65. The first-order chi connectivity index (χ1) is 30.6. The highest BCUT2D eigenvalue weighted by molar-refractivity contribution is 5.89. The van der Waals surface area contributed by atoms with E-state index in [2.05, 4.69) is 189 Å². The van der Waals surface area contributed by atoms with E-state index in [4.69, 9.17) is 18.9 Å². The van der Waals surface area contributed by atoms with E-state index in [1.165, 1.54) is 0 Å². The number of aldehydes is 1. The maximum absolute atomic E-state index is 12.9. The number of benzene rings is 1. The summed E-state index contributed by atoms with van der Waals surface area (Å²) in [4.78, 5) is 61.2. The Morgan fingerprint density at radius 2 is 0.825 bits per heavy atom. The molecule has 0 aliphatic rings. The van der Waals surface area contributed by atoms with Gasteiger partial charge in [-0.25, -0.2) is 9.59 Å². The van der Waals surface area contributed by atoms with Gasteiger partial charge in [-0.15, -0.1) is 0 Å². The van der Waals surface area contributed by atoms with Gasteiger partial charge >= 0.3 is 23.9 Å². The van der Waals surface area contributed by atoms with Gasteiger partial charge in [-0.2, -0.15) is 0 Å². The van der Waals surface area contributed by atoms with Crippen LogP contribution in [-0.4, -0.2) is 49.5 Å². The minimum absolute atomic E-state index is 0.163. The van der Waals surface area contributed by atoms with Gasteiger partial charge in [0.1, 0.15) is 25.2 Å². The second-order valence-electron chi connectivity index (χ2n) is 11.1. The third-order valence-corrected chi connectivity index (χ3v) is 6.17. The standard InChI is InChI=1S/C54H28O9/c1-6-8-10-12-14-16-18-20-22-24-26-28-30-32-34-36-50(56)60-43-49(44-61-51(57)37-35-33-31-29-27-25-23-21-19-17-15-13-11-9-7-2)62-52(58)38-45(3)39-53(59)63-54-46(4)40-48(42-55)41-47(54)5/h40-42,45,49H,38-39,43-44H2,1-5H3. The maximum atomic E-state index is 12.9. The molecule has 63 heavy (non-hydrogen) atoms. The Hall–Kier alpha value is -10.3. The van der Waals surface area contributed by atoms with Crippen LogP contribution in [0, 0.1) is 209 Å². The number of hydrogen-bond donors (Lipinski definition) is 0. The van der Waals surface area contributed by atoms with Crippen molar-refractivity contribution in [2.45, 2.75) is 53.6 Å². The quantitative estimate of drug-likeness (QED) is 0.0829. The average molecular weight is 821 g/mol. The van der Waals surface area contributed by atoms with Crippen LogP contribution in [0.4, 0.5) is 0 Å².